The van der Waals surface area contributed by atoms with Crippen molar-refractivity contribution in [2.24, 2.45) is 11.8 Å². The number of amides is 1. The smallest absolute Gasteiger partial charge is 0.223 e. The highest BCUT2D eigenvalue weighted by atomic mass is 16.5. The maximum Gasteiger partial charge on any atom is 0.223 e. The van der Waals surface area contributed by atoms with Crippen LogP contribution in [0, 0.1) is 11.8 Å². The van der Waals surface area contributed by atoms with Crippen molar-refractivity contribution in [2.45, 2.75) is 38.5 Å². The van der Waals surface area contributed by atoms with Crippen LogP contribution >= 0.6 is 0 Å². The number of benzene rings is 1. The van der Waals surface area contributed by atoms with Gasteiger partial charge >= 0.3 is 0 Å². The molecular formula is C19H28N2O2. The van der Waals surface area contributed by atoms with E-state index in [-0.39, 0.29) is 11.8 Å². The largest absolute Gasteiger partial charge is 0.495 e. The van der Waals surface area contributed by atoms with E-state index in [9.17, 15) is 4.79 Å². The fourth-order valence-electron chi connectivity index (χ4n) is 3.86. The molecule has 1 saturated heterocycles. The molecule has 0 radical (unpaired) electrons. The highest BCUT2D eigenvalue weighted by Crippen LogP contribution is 2.32. The highest BCUT2D eigenvalue weighted by Gasteiger charge is 2.26. The van der Waals surface area contributed by atoms with Gasteiger partial charge in [0.05, 0.1) is 12.8 Å². The Hall–Kier alpha value is -1.71. The number of hydrogen-bond acceptors (Lipinski definition) is 3. The average Bonchev–Trinajstić information content (AvgIpc) is 3.09. The van der Waals surface area contributed by atoms with Crippen molar-refractivity contribution in [3.63, 3.8) is 0 Å². The van der Waals surface area contributed by atoms with Gasteiger partial charge in [-0.15, -0.1) is 0 Å². The third-order valence-electron chi connectivity index (χ3n) is 5.25. The first-order chi connectivity index (χ1) is 11.3. The quantitative estimate of drug-likeness (QED) is 0.907. The highest BCUT2D eigenvalue weighted by molar-refractivity contribution is 5.78. The van der Waals surface area contributed by atoms with Crippen molar-refractivity contribution >= 4 is 11.6 Å². The summed E-state index contributed by atoms with van der Waals surface area (Å²) in [5.41, 5.74) is 1.16. The zero-order chi connectivity index (χ0) is 16.1. The van der Waals surface area contributed by atoms with Gasteiger partial charge in [-0.3, -0.25) is 4.79 Å². The van der Waals surface area contributed by atoms with Gasteiger partial charge < -0.3 is 15.0 Å². The van der Waals surface area contributed by atoms with E-state index in [0.717, 1.165) is 50.3 Å². The maximum absolute atomic E-state index is 12.3. The number of carbonyl (C=O) groups excluding carboxylic acids is 1. The minimum atomic E-state index is 0.260. The number of hydrogen-bond donors (Lipinski definition) is 1. The second-order valence-corrected chi connectivity index (χ2v) is 6.85. The van der Waals surface area contributed by atoms with Crippen LogP contribution in [-0.2, 0) is 4.79 Å². The molecule has 0 spiro atoms. The van der Waals surface area contributed by atoms with E-state index in [4.69, 9.17) is 4.74 Å². The monoisotopic (exact) mass is 316 g/mol. The van der Waals surface area contributed by atoms with Crippen molar-refractivity contribution in [3.8, 4) is 5.75 Å². The van der Waals surface area contributed by atoms with Crippen LogP contribution in [0.3, 0.4) is 0 Å². The van der Waals surface area contributed by atoms with Gasteiger partial charge in [-0.05, 0) is 37.3 Å². The maximum atomic E-state index is 12.3. The molecule has 4 heteroatoms. The number of rotatable bonds is 5. The number of carbonyl (C=O) groups is 1. The van der Waals surface area contributed by atoms with Crippen LogP contribution < -0.4 is 15.0 Å². The van der Waals surface area contributed by atoms with E-state index in [1.54, 1.807) is 7.11 Å². The standard InChI is InChI=1S/C19H28N2O2/c1-23-18-10-6-5-9-17(18)21-12-11-15(14-21)13-20-19(22)16-7-3-2-4-8-16/h5-6,9-10,15-16H,2-4,7-8,11-14H2,1H3,(H,20,22)/t15-/m1/s1. The number of methoxy groups -OCH3 is 1. The Morgan fingerprint density at radius 1 is 1.22 bits per heavy atom. The van der Waals surface area contributed by atoms with E-state index >= 15 is 0 Å². The molecule has 1 heterocycles. The lowest BCUT2D eigenvalue weighted by Crippen LogP contribution is -2.36. The zero-order valence-corrected chi connectivity index (χ0v) is 14.1. The lowest BCUT2D eigenvalue weighted by atomic mass is 9.88. The molecule has 0 aromatic heterocycles. The molecule has 1 aromatic carbocycles. The van der Waals surface area contributed by atoms with E-state index in [1.807, 2.05) is 12.1 Å². The van der Waals surface area contributed by atoms with E-state index in [0.29, 0.717) is 5.92 Å². The summed E-state index contributed by atoms with van der Waals surface area (Å²) in [5, 5.41) is 3.20. The molecule has 4 nitrogen and oxygen atoms in total. The Morgan fingerprint density at radius 2 is 2.00 bits per heavy atom. The Kier molecular flexibility index (Phi) is 5.42. The molecule has 2 aliphatic rings. The molecule has 2 fully saturated rings. The molecule has 1 aromatic rings. The number of anilines is 1. The third kappa shape index (κ3) is 3.98. The summed E-state index contributed by atoms with van der Waals surface area (Å²) >= 11 is 0. The number of ether oxygens (including phenoxy) is 1. The molecule has 1 amide bonds. The van der Waals surface area contributed by atoms with Crippen molar-refractivity contribution in [2.75, 3.05) is 31.6 Å². The summed E-state index contributed by atoms with van der Waals surface area (Å²) in [6, 6.07) is 8.17. The average molecular weight is 316 g/mol. The summed E-state index contributed by atoms with van der Waals surface area (Å²) in [6.45, 7) is 2.83. The summed E-state index contributed by atoms with van der Waals surface area (Å²) in [7, 11) is 1.72. The topological polar surface area (TPSA) is 41.6 Å². The molecule has 126 valence electrons. The molecule has 0 unspecified atom stereocenters. The fraction of sp³-hybridized carbons (Fsp3) is 0.632. The summed E-state index contributed by atoms with van der Waals surface area (Å²) < 4.78 is 5.46. The summed E-state index contributed by atoms with van der Waals surface area (Å²) in [6.07, 6.45) is 6.99. The third-order valence-corrected chi connectivity index (χ3v) is 5.25. The Bertz CT molecular complexity index is 526. The van der Waals surface area contributed by atoms with Crippen molar-refractivity contribution < 1.29 is 9.53 Å². The van der Waals surface area contributed by atoms with Crippen LogP contribution in [0.25, 0.3) is 0 Å². The lowest BCUT2D eigenvalue weighted by molar-refractivity contribution is -0.126. The van der Waals surface area contributed by atoms with Crippen LogP contribution in [0.1, 0.15) is 38.5 Å². The van der Waals surface area contributed by atoms with Gasteiger partial charge in [0, 0.05) is 25.6 Å². The molecular weight excluding hydrogens is 288 g/mol. The van der Waals surface area contributed by atoms with Gasteiger partial charge in [-0.1, -0.05) is 31.4 Å². The molecule has 1 saturated carbocycles. The normalized spacial score (nSPS) is 22.1. The van der Waals surface area contributed by atoms with Crippen LogP contribution in [0.15, 0.2) is 24.3 Å². The molecule has 1 aliphatic carbocycles. The van der Waals surface area contributed by atoms with E-state index in [1.165, 1.54) is 19.3 Å². The lowest BCUT2D eigenvalue weighted by Gasteiger charge is -2.23. The predicted molar refractivity (Wildman–Crippen MR) is 92.9 cm³/mol. The zero-order valence-electron chi connectivity index (χ0n) is 14.1. The van der Waals surface area contributed by atoms with E-state index in [2.05, 4.69) is 22.3 Å². The van der Waals surface area contributed by atoms with Crippen molar-refractivity contribution in [1.29, 1.82) is 0 Å². The molecule has 1 N–H and O–H groups in total. The SMILES string of the molecule is COc1ccccc1N1CC[C@H](CNC(=O)C2CCCCC2)C1. The Balaban J connectivity index is 1.49. The number of nitrogens with one attached hydrogen (secondary N) is 1. The van der Waals surface area contributed by atoms with Gasteiger partial charge in [0.25, 0.3) is 0 Å². The van der Waals surface area contributed by atoms with Crippen molar-refractivity contribution in [1.82, 2.24) is 5.32 Å². The fourth-order valence-corrected chi connectivity index (χ4v) is 3.86. The van der Waals surface area contributed by atoms with Crippen molar-refractivity contribution in [3.05, 3.63) is 24.3 Å². The minimum absolute atomic E-state index is 0.260. The Morgan fingerprint density at radius 3 is 2.78 bits per heavy atom. The summed E-state index contributed by atoms with van der Waals surface area (Å²) in [5.74, 6) is 2.00. The second-order valence-electron chi connectivity index (χ2n) is 6.85. The first-order valence-electron chi connectivity index (χ1n) is 8.93. The molecule has 1 atom stereocenters. The first kappa shape index (κ1) is 16.2. The van der Waals surface area contributed by atoms with Crippen LogP contribution in [0.5, 0.6) is 5.75 Å². The van der Waals surface area contributed by atoms with E-state index < -0.39 is 0 Å². The molecule has 0 bridgehead atoms. The molecule has 1 aliphatic heterocycles. The van der Waals surface area contributed by atoms with Gasteiger partial charge in [0.2, 0.25) is 5.91 Å². The van der Waals surface area contributed by atoms with Crippen LogP contribution in [0.4, 0.5) is 5.69 Å². The first-order valence-corrected chi connectivity index (χ1v) is 8.93. The molecule has 3 rings (SSSR count). The van der Waals surface area contributed by atoms with Crippen LogP contribution in [-0.4, -0.2) is 32.7 Å². The predicted octanol–water partition coefficient (Wildman–Crippen LogP) is 3.22. The summed E-state index contributed by atoms with van der Waals surface area (Å²) in [4.78, 5) is 14.6. The van der Waals surface area contributed by atoms with Gasteiger partial charge in [0.15, 0.2) is 0 Å². The number of nitrogens with zero attached hydrogens (tertiary/aromatic N) is 1. The van der Waals surface area contributed by atoms with Gasteiger partial charge in [0.1, 0.15) is 5.75 Å². The van der Waals surface area contributed by atoms with Gasteiger partial charge in [-0.2, -0.15) is 0 Å². The molecule has 23 heavy (non-hydrogen) atoms. The number of para-hydroxylation sites is 2. The van der Waals surface area contributed by atoms with Gasteiger partial charge in [-0.25, -0.2) is 0 Å². The van der Waals surface area contributed by atoms with Crippen LogP contribution in [0.2, 0.25) is 0 Å². The Labute approximate surface area is 139 Å². The minimum Gasteiger partial charge on any atom is -0.495 e. The second kappa shape index (κ2) is 7.71.